The van der Waals surface area contributed by atoms with E-state index in [0.717, 1.165) is 12.8 Å². The van der Waals surface area contributed by atoms with Crippen molar-refractivity contribution in [3.63, 3.8) is 0 Å². The second-order valence-electron chi connectivity index (χ2n) is 11.4. The second-order valence-corrected chi connectivity index (χ2v) is 11.4. The third-order valence-electron chi connectivity index (χ3n) is 8.74. The second kappa shape index (κ2) is 12.8. The topological polar surface area (TPSA) is 4.93 Å². The van der Waals surface area contributed by atoms with Crippen LogP contribution in [0.4, 0.5) is 0 Å². The molecule has 1 heteroatoms. The lowest BCUT2D eigenvalue weighted by Gasteiger charge is -2.18. The molecule has 44 heavy (non-hydrogen) atoms. The molecule has 1 aliphatic carbocycles. The van der Waals surface area contributed by atoms with Gasteiger partial charge in [-0.1, -0.05) is 123 Å². The number of aryl methyl sites for hydroxylation is 4. The van der Waals surface area contributed by atoms with E-state index in [1.54, 1.807) is 0 Å². The van der Waals surface area contributed by atoms with E-state index in [4.69, 9.17) is 0 Å². The molecule has 0 amide bonds. The zero-order valence-corrected chi connectivity index (χ0v) is 26.6. The standard InChI is InChI=1S/C30H25N.C11H10.C2H6/c1-20-10-3-5-13-23(20)26-19-30-27(18-21(26)2)25-15-7-8-16-29(25)31(30)28-17-9-12-22-11-4-6-14-24(22)28;1-9-5-4-7-10-6-2-3-8-11(9)10;1-2/h3,5-10,12-19H,4,11H2,1-2H3;2-8H,1H3;1-2H3. The Hall–Kier alpha value is -4.88. The third-order valence-corrected chi connectivity index (χ3v) is 8.74. The van der Waals surface area contributed by atoms with Crippen LogP contribution in [0.2, 0.25) is 0 Å². The smallest absolute Gasteiger partial charge is 0.0547 e. The molecule has 6 aromatic carbocycles. The number of aromatic nitrogens is 1. The average molecular weight is 572 g/mol. The van der Waals surface area contributed by atoms with Crippen molar-refractivity contribution in [1.82, 2.24) is 4.57 Å². The molecule has 0 fully saturated rings. The number of rotatable bonds is 2. The molecule has 1 aromatic heterocycles. The fourth-order valence-corrected chi connectivity index (χ4v) is 6.58. The monoisotopic (exact) mass is 571 g/mol. The van der Waals surface area contributed by atoms with E-state index in [0.29, 0.717) is 0 Å². The summed E-state index contributed by atoms with van der Waals surface area (Å²) in [6, 6.07) is 43.9. The lowest BCUT2D eigenvalue weighted by molar-refractivity contribution is 0.977. The molecule has 0 bridgehead atoms. The Morgan fingerprint density at radius 2 is 1.20 bits per heavy atom. The van der Waals surface area contributed by atoms with Gasteiger partial charge in [0.1, 0.15) is 0 Å². The van der Waals surface area contributed by atoms with Crippen molar-refractivity contribution in [2.75, 3.05) is 0 Å². The molecule has 218 valence electrons. The zero-order valence-electron chi connectivity index (χ0n) is 26.6. The summed E-state index contributed by atoms with van der Waals surface area (Å²) < 4.78 is 2.47. The highest BCUT2D eigenvalue weighted by Crippen LogP contribution is 2.39. The molecule has 0 aliphatic heterocycles. The summed E-state index contributed by atoms with van der Waals surface area (Å²) in [6.45, 7) is 10.6. The van der Waals surface area contributed by atoms with Gasteiger partial charge in [0.05, 0.1) is 16.7 Å². The number of hydrogen-bond acceptors (Lipinski definition) is 0. The van der Waals surface area contributed by atoms with Crippen molar-refractivity contribution in [3.05, 3.63) is 155 Å². The van der Waals surface area contributed by atoms with Gasteiger partial charge < -0.3 is 4.57 Å². The van der Waals surface area contributed by atoms with E-state index in [2.05, 4.69) is 159 Å². The minimum Gasteiger partial charge on any atom is -0.309 e. The van der Waals surface area contributed by atoms with Gasteiger partial charge in [0.25, 0.3) is 0 Å². The van der Waals surface area contributed by atoms with Gasteiger partial charge in [0, 0.05) is 16.3 Å². The number of para-hydroxylation sites is 1. The Bertz CT molecular complexity index is 2120. The van der Waals surface area contributed by atoms with Gasteiger partial charge in [-0.05, 0) is 102 Å². The molecule has 7 aromatic rings. The van der Waals surface area contributed by atoms with Crippen LogP contribution in [0.5, 0.6) is 0 Å². The van der Waals surface area contributed by atoms with Gasteiger partial charge in [-0.15, -0.1) is 0 Å². The van der Waals surface area contributed by atoms with Crippen LogP contribution >= 0.6 is 0 Å². The SMILES string of the molecule is CC.Cc1cccc2ccccc12.Cc1ccccc1-c1cc2c(cc1C)c1ccccc1n2-c1cccc2c1C=CCC2. The number of fused-ring (bicyclic) bond motifs is 5. The zero-order chi connectivity index (χ0) is 30.6. The highest BCUT2D eigenvalue weighted by molar-refractivity contribution is 6.11. The predicted octanol–water partition coefficient (Wildman–Crippen LogP) is 12.2. The normalized spacial score (nSPS) is 11.9. The van der Waals surface area contributed by atoms with Crippen LogP contribution in [0.1, 0.15) is 48.1 Å². The maximum absolute atomic E-state index is 2.47. The Morgan fingerprint density at radius 3 is 2.02 bits per heavy atom. The first-order chi connectivity index (χ1) is 21.6. The quantitative estimate of drug-likeness (QED) is 0.194. The molecular weight excluding hydrogens is 530 g/mol. The number of nitrogens with zero attached hydrogens (tertiary/aromatic N) is 1. The predicted molar refractivity (Wildman–Crippen MR) is 193 cm³/mol. The van der Waals surface area contributed by atoms with Crippen LogP contribution in [-0.4, -0.2) is 4.57 Å². The molecule has 8 rings (SSSR count). The minimum absolute atomic E-state index is 1.12. The van der Waals surface area contributed by atoms with Crippen molar-refractivity contribution in [1.29, 1.82) is 0 Å². The van der Waals surface area contributed by atoms with E-state index in [9.17, 15) is 0 Å². The number of benzene rings is 6. The first-order valence-electron chi connectivity index (χ1n) is 15.9. The molecule has 0 saturated carbocycles. The van der Waals surface area contributed by atoms with Gasteiger partial charge in [-0.3, -0.25) is 0 Å². The molecule has 0 radical (unpaired) electrons. The summed E-state index contributed by atoms with van der Waals surface area (Å²) in [5.41, 5.74) is 13.2. The van der Waals surface area contributed by atoms with Gasteiger partial charge >= 0.3 is 0 Å². The third kappa shape index (κ3) is 5.35. The highest BCUT2D eigenvalue weighted by atomic mass is 15.0. The molecule has 0 unspecified atom stereocenters. The Kier molecular flexibility index (Phi) is 8.48. The fourth-order valence-electron chi connectivity index (χ4n) is 6.58. The van der Waals surface area contributed by atoms with Crippen LogP contribution in [0.3, 0.4) is 0 Å². The summed E-state index contributed by atoms with van der Waals surface area (Å²) in [6.07, 6.45) is 6.86. The fraction of sp³-hybridized carbons (Fsp3) is 0.163. The van der Waals surface area contributed by atoms with Crippen LogP contribution < -0.4 is 0 Å². The Morgan fingerprint density at radius 1 is 0.523 bits per heavy atom. The van der Waals surface area contributed by atoms with Gasteiger partial charge in [-0.25, -0.2) is 0 Å². The van der Waals surface area contributed by atoms with Crippen molar-refractivity contribution < 1.29 is 0 Å². The average Bonchev–Trinajstić information content (AvgIpc) is 3.39. The van der Waals surface area contributed by atoms with Crippen LogP contribution in [0.25, 0.3) is 55.5 Å². The first kappa shape index (κ1) is 29.2. The maximum Gasteiger partial charge on any atom is 0.0547 e. The first-order valence-corrected chi connectivity index (χ1v) is 15.9. The lowest BCUT2D eigenvalue weighted by Crippen LogP contribution is -2.02. The highest BCUT2D eigenvalue weighted by Gasteiger charge is 2.18. The molecule has 1 nitrogen and oxygen atoms in total. The summed E-state index contributed by atoms with van der Waals surface area (Å²) in [4.78, 5) is 0. The summed E-state index contributed by atoms with van der Waals surface area (Å²) >= 11 is 0. The summed E-state index contributed by atoms with van der Waals surface area (Å²) in [5.74, 6) is 0. The van der Waals surface area contributed by atoms with Crippen molar-refractivity contribution >= 4 is 38.7 Å². The molecule has 0 atom stereocenters. The van der Waals surface area contributed by atoms with E-state index < -0.39 is 0 Å². The van der Waals surface area contributed by atoms with Crippen LogP contribution in [0.15, 0.2) is 127 Å². The van der Waals surface area contributed by atoms with Crippen molar-refractivity contribution in [2.24, 2.45) is 0 Å². The summed E-state index contributed by atoms with van der Waals surface area (Å²) in [7, 11) is 0. The Balaban J connectivity index is 0.000000221. The molecule has 1 heterocycles. The maximum atomic E-state index is 2.47. The molecule has 1 aliphatic rings. The summed E-state index contributed by atoms with van der Waals surface area (Å²) in [5, 5.41) is 5.32. The number of allylic oxidation sites excluding steroid dienone is 1. The molecule has 0 N–H and O–H groups in total. The van der Waals surface area contributed by atoms with Crippen molar-refractivity contribution in [2.45, 2.75) is 47.5 Å². The molecule has 0 spiro atoms. The van der Waals surface area contributed by atoms with E-state index in [-0.39, 0.29) is 0 Å². The van der Waals surface area contributed by atoms with E-state index >= 15 is 0 Å². The van der Waals surface area contributed by atoms with Gasteiger partial charge in [0.2, 0.25) is 0 Å². The minimum atomic E-state index is 1.12. The van der Waals surface area contributed by atoms with E-state index in [1.165, 1.54) is 77.2 Å². The van der Waals surface area contributed by atoms with E-state index in [1.807, 2.05) is 13.8 Å². The molecule has 0 saturated heterocycles. The van der Waals surface area contributed by atoms with Crippen LogP contribution in [-0.2, 0) is 6.42 Å². The Labute approximate surface area is 262 Å². The largest absolute Gasteiger partial charge is 0.309 e. The molecular formula is C43H41N. The van der Waals surface area contributed by atoms with Crippen molar-refractivity contribution in [3.8, 4) is 16.8 Å². The van der Waals surface area contributed by atoms with Gasteiger partial charge in [-0.2, -0.15) is 0 Å². The van der Waals surface area contributed by atoms with Crippen LogP contribution in [0, 0.1) is 20.8 Å². The lowest BCUT2D eigenvalue weighted by atomic mass is 9.94. The number of hydrogen-bond donors (Lipinski definition) is 0. The van der Waals surface area contributed by atoms with Gasteiger partial charge in [0.15, 0.2) is 0 Å².